The first-order chi connectivity index (χ1) is 31.5. The first-order valence-electron chi connectivity index (χ1n) is 25.9. The molecule has 0 aromatic heterocycles. The lowest BCUT2D eigenvalue weighted by atomic mass is 10.1. The summed E-state index contributed by atoms with van der Waals surface area (Å²) in [5.41, 5.74) is 0. The molecule has 0 aromatic carbocycles. The van der Waals surface area contributed by atoms with Crippen LogP contribution in [0.5, 0.6) is 0 Å². The molecule has 0 rings (SSSR count). The lowest BCUT2D eigenvalue weighted by Crippen LogP contribution is -2.30. The van der Waals surface area contributed by atoms with E-state index >= 15 is 0 Å². The van der Waals surface area contributed by atoms with Crippen molar-refractivity contribution in [2.24, 2.45) is 0 Å². The van der Waals surface area contributed by atoms with Crippen LogP contribution in [-0.4, -0.2) is 37.2 Å². The Hall–Kier alpha value is -3.93. The van der Waals surface area contributed by atoms with Crippen LogP contribution in [0.4, 0.5) is 0 Å². The highest BCUT2D eigenvalue weighted by Gasteiger charge is 2.19. The highest BCUT2D eigenvalue weighted by molar-refractivity contribution is 5.71. The quantitative estimate of drug-likeness (QED) is 0.0262. The summed E-state index contributed by atoms with van der Waals surface area (Å²) in [4.78, 5) is 37.8. The summed E-state index contributed by atoms with van der Waals surface area (Å²) in [5.74, 6) is -0.945. The van der Waals surface area contributed by atoms with Crippen LogP contribution in [0.15, 0.2) is 109 Å². The molecule has 0 bridgehead atoms. The summed E-state index contributed by atoms with van der Waals surface area (Å²) in [6.45, 7) is 6.30. The predicted molar refractivity (Wildman–Crippen MR) is 274 cm³/mol. The Morgan fingerprint density at radius 1 is 0.328 bits per heavy atom. The molecule has 64 heavy (non-hydrogen) atoms. The van der Waals surface area contributed by atoms with Gasteiger partial charge in [-0.05, 0) is 103 Å². The minimum absolute atomic E-state index is 0.0936. The highest BCUT2D eigenvalue weighted by atomic mass is 16.6. The third kappa shape index (κ3) is 49.1. The van der Waals surface area contributed by atoms with E-state index in [1.54, 1.807) is 0 Å². The summed E-state index contributed by atoms with van der Waals surface area (Å²) < 4.78 is 16.7. The first-order valence-corrected chi connectivity index (χ1v) is 25.9. The molecule has 0 radical (unpaired) electrons. The maximum absolute atomic E-state index is 12.7. The van der Waals surface area contributed by atoms with Gasteiger partial charge in [0.15, 0.2) is 6.10 Å². The van der Waals surface area contributed by atoms with E-state index in [1.165, 1.54) is 44.9 Å². The normalized spacial score (nSPS) is 13.0. The molecule has 0 N–H and O–H groups in total. The average Bonchev–Trinajstić information content (AvgIpc) is 3.29. The van der Waals surface area contributed by atoms with Gasteiger partial charge in [0.05, 0.1) is 0 Å². The molecule has 0 amide bonds. The van der Waals surface area contributed by atoms with Crippen molar-refractivity contribution in [3.8, 4) is 0 Å². The van der Waals surface area contributed by atoms with Gasteiger partial charge < -0.3 is 14.2 Å². The summed E-state index contributed by atoms with van der Waals surface area (Å²) in [5, 5.41) is 0. The second-order valence-electron chi connectivity index (χ2n) is 16.7. The van der Waals surface area contributed by atoms with Gasteiger partial charge in [-0.3, -0.25) is 14.4 Å². The van der Waals surface area contributed by atoms with Crippen LogP contribution >= 0.6 is 0 Å². The molecule has 0 spiro atoms. The number of allylic oxidation sites excluding steroid dienone is 18. The number of hydrogen-bond donors (Lipinski definition) is 0. The van der Waals surface area contributed by atoms with Crippen LogP contribution in [0, 0.1) is 0 Å². The SMILES string of the molecule is CC/C=C\C/C=C\C/C=C\C/C=C\C/C=C\CCCCCCCCCC(=O)OCC(COC(=O)CCCCCCCC)OC(=O)CCCCCC/C=C\C/C=C\C/C=C\C/C=C\CC. The number of carbonyl (C=O) groups is 3. The van der Waals surface area contributed by atoms with Crippen LogP contribution in [0.25, 0.3) is 0 Å². The zero-order valence-corrected chi connectivity index (χ0v) is 41.3. The van der Waals surface area contributed by atoms with E-state index in [9.17, 15) is 14.4 Å². The molecule has 6 nitrogen and oxygen atoms in total. The lowest BCUT2D eigenvalue weighted by Gasteiger charge is -2.18. The summed E-state index contributed by atoms with van der Waals surface area (Å²) in [6, 6.07) is 0. The van der Waals surface area contributed by atoms with Gasteiger partial charge in [-0.25, -0.2) is 0 Å². The zero-order chi connectivity index (χ0) is 46.5. The molecule has 1 atom stereocenters. The zero-order valence-electron chi connectivity index (χ0n) is 41.3. The fourth-order valence-corrected chi connectivity index (χ4v) is 6.69. The Kier molecular flexibility index (Phi) is 48.5. The maximum atomic E-state index is 12.7. The second kappa shape index (κ2) is 51.7. The summed E-state index contributed by atoms with van der Waals surface area (Å²) in [6.07, 6.45) is 69.5. The number of esters is 3. The number of ether oxygens (including phenoxy) is 3. The molecule has 6 heteroatoms. The van der Waals surface area contributed by atoms with Crippen LogP contribution in [-0.2, 0) is 28.6 Å². The van der Waals surface area contributed by atoms with Gasteiger partial charge in [0.25, 0.3) is 0 Å². The molecule has 0 fully saturated rings. The van der Waals surface area contributed by atoms with Crippen molar-refractivity contribution in [3.63, 3.8) is 0 Å². The minimum atomic E-state index is -0.794. The third-order valence-electron chi connectivity index (χ3n) is 10.5. The standard InChI is InChI=1S/C58H94O6/c1-4-7-10-13-16-18-20-22-24-26-27-28-29-30-31-33-34-36-38-40-42-45-48-51-57(60)63-54-55(53-62-56(59)50-47-44-15-12-9-6-3)64-58(61)52-49-46-43-41-39-37-35-32-25-23-21-19-17-14-11-8-5-2/h7-8,10-11,16-19,22-25,27-28,30-31,35,37,55H,4-6,9,12-15,20-21,26,29,32-34,36,38-54H2,1-3H3/b10-7-,11-8-,18-16-,19-17-,24-22-,25-23-,28-27-,31-30-,37-35-. The van der Waals surface area contributed by atoms with Crippen molar-refractivity contribution in [2.75, 3.05) is 13.2 Å². The van der Waals surface area contributed by atoms with E-state index in [1.807, 2.05) is 0 Å². The van der Waals surface area contributed by atoms with Gasteiger partial charge in [-0.1, -0.05) is 207 Å². The number of unbranched alkanes of at least 4 members (excludes halogenated alkanes) is 16. The van der Waals surface area contributed by atoms with E-state index in [-0.39, 0.29) is 31.1 Å². The molecule has 0 aliphatic carbocycles. The third-order valence-corrected chi connectivity index (χ3v) is 10.5. The molecule has 0 aliphatic rings. The van der Waals surface area contributed by atoms with Crippen molar-refractivity contribution in [3.05, 3.63) is 109 Å². The Balaban J connectivity index is 4.27. The van der Waals surface area contributed by atoms with Gasteiger partial charge in [0, 0.05) is 19.3 Å². The van der Waals surface area contributed by atoms with E-state index in [2.05, 4.69) is 130 Å². The number of carbonyl (C=O) groups excluding carboxylic acids is 3. The molecular weight excluding hydrogens is 793 g/mol. The molecule has 0 aromatic rings. The van der Waals surface area contributed by atoms with Crippen LogP contribution < -0.4 is 0 Å². The molecule has 1 unspecified atom stereocenters. The average molecular weight is 887 g/mol. The second-order valence-corrected chi connectivity index (χ2v) is 16.7. The van der Waals surface area contributed by atoms with Gasteiger partial charge in [0.1, 0.15) is 13.2 Å². The van der Waals surface area contributed by atoms with Crippen LogP contribution in [0.1, 0.15) is 220 Å². The van der Waals surface area contributed by atoms with Gasteiger partial charge in [-0.15, -0.1) is 0 Å². The Morgan fingerprint density at radius 2 is 0.609 bits per heavy atom. The highest BCUT2D eigenvalue weighted by Crippen LogP contribution is 2.13. The fraction of sp³-hybridized carbons (Fsp3) is 0.638. The molecule has 0 saturated carbocycles. The smallest absolute Gasteiger partial charge is 0.306 e. The summed E-state index contributed by atoms with van der Waals surface area (Å²) in [7, 11) is 0. The van der Waals surface area contributed by atoms with Crippen molar-refractivity contribution in [1.82, 2.24) is 0 Å². The summed E-state index contributed by atoms with van der Waals surface area (Å²) >= 11 is 0. The van der Waals surface area contributed by atoms with E-state index in [0.29, 0.717) is 19.3 Å². The van der Waals surface area contributed by atoms with Gasteiger partial charge >= 0.3 is 17.9 Å². The van der Waals surface area contributed by atoms with Crippen LogP contribution in [0.3, 0.4) is 0 Å². The van der Waals surface area contributed by atoms with Crippen LogP contribution in [0.2, 0.25) is 0 Å². The van der Waals surface area contributed by atoms with Crippen molar-refractivity contribution in [1.29, 1.82) is 0 Å². The monoisotopic (exact) mass is 887 g/mol. The van der Waals surface area contributed by atoms with E-state index in [0.717, 1.165) is 135 Å². The number of hydrogen-bond acceptors (Lipinski definition) is 6. The Labute approximate surface area is 393 Å². The predicted octanol–water partition coefficient (Wildman–Crippen LogP) is 17.1. The molecule has 0 heterocycles. The molecular formula is C58H94O6. The lowest BCUT2D eigenvalue weighted by molar-refractivity contribution is -0.167. The maximum Gasteiger partial charge on any atom is 0.306 e. The van der Waals surface area contributed by atoms with Crippen molar-refractivity contribution in [2.45, 2.75) is 226 Å². The Bertz CT molecular complexity index is 1340. The first kappa shape index (κ1) is 60.1. The molecule has 0 aliphatic heterocycles. The fourth-order valence-electron chi connectivity index (χ4n) is 6.69. The van der Waals surface area contributed by atoms with E-state index in [4.69, 9.17) is 14.2 Å². The van der Waals surface area contributed by atoms with Gasteiger partial charge in [-0.2, -0.15) is 0 Å². The Morgan fingerprint density at radius 3 is 0.953 bits per heavy atom. The van der Waals surface area contributed by atoms with Crippen molar-refractivity contribution >= 4 is 17.9 Å². The van der Waals surface area contributed by atoms with Crippen molar-refractivity contribution < 1.29 is 28.6 Å². The van der Waals surface area contributed by atoms with E-state index < -0.39 is 6.10 Å². The topological polar surface area (TPSA) is 78.9 Å². The number of rotatable bonds is 45. The minimum Gasteiger partial charge on any atom is -0.462 e. The molecule has 362 valence electrons. The molecule has 0 saturated heterocycles. The van der Waals surface area contributed by atoms with Gasteiger partial charge in [0.2, 0.25) is 0 Å². The largest absolute Gasteiger partial charge is 0.462 e.